The highest BCUT2D eigenvalue weighted by molar-refractivity contribution is 5.87. The first-order valence-electron chi connectivity index (χ1n) is 15.8. The molecular weight excluding hydrogens is 472 g/mol. The van der Waals surface area contributed by atoms with E-state index < -0.39 is 5.97 Å². The Labute approximate surface area is 229 Å². The van der Waals surface area contributed by atoms with Crippen LogP contribution >= 0.6 is 0 Å². The van der Waals surface area contributed by atoms with Crippen LogP contribution in [0.4, 0.5) is 0 Å². The van der Waals surface area contributed by atoms with Gasteiger partial charge in [-0.3, -0.25) is 0 Å². The van der Waals surface area contributed by atoms with Crippen LogP contribution in [-0.4, -0.2) is 33.5 Å². The van der Waals surface area contributed by atoms with E-state index in [4.69, 9.17) is 0 Å². The summed E-state index contributed by atoms with van der Waals surface area (Å²) in [5.74, 6) is 4.32. The molecule has 1 aromatic carbocycles. The van der Waals surface area contributed by atoms with Gasteiger partial charge in [-0.2, -0.15) is 0 Å². The van der Waals surface area contributed by atoms with Gasteiger partial charge >= 0.3 is 5.97 Å². The Bertz CT molecular complexity index is 1040. The predicted octanol–water partition coefficient (Wildman–Crippen LogP) is 7.14. The lowest BCUT2D eigenvalue weighted by Gasteiger charge is -2.64. The van der Waals surface area contributed by atoms with Crippen molar-refractivity contribution in [3.05, 3.63) is 35.4 Å². The van der Waals surface area contributed by atoms with E-state index in [0.717, 1.165) is 37.5 Å². The molecule has 0 aliphatic heterocycles. The SMILES string of the molecule is CC[C@H]1C(O)C2C3CC[C@H]([C@H](C)CC4CC4c4ccc(C(=O)O)cc4)[C@@]3(C)CCC2[C@@]2(C)CC[C@@H](O)C[C@@H]12. The van der Waals surface area contributed by atoms with Crippen LogP contribution < -0.4 is 0 Å². The molecule has 6 rings (SSSR count). The molecular formula is C34H50O4. The van der Waals surface area contributed by atoms with Crippen LogP contribution in [0.25, 0.3) is 0 Å². The first-order chi connectivity index (χ1) is 18.1. The van der Waals surface area contributed by atoms with Gasteiger partial charge in [0.25, 0.3) is 0 Å². The lowest BCUT2D eigenvalue weighted by Crippen LogP contribution is -2.62. The van der Waals surface area contributed by atoms with Crippen molar-refractivity contribution in [3.8, 4) is 0 Å². The van der Waals surface area contributed by atoms with Gasteiger partial charge in [0.05, 0.1) is 17.8 Å². The molecule has 38 heavy (non-hydrogen) atoms. The van der Waals surface area contributed by atoms with E-state index in [9.17, 15) is 20.1 Å². The van der Waals surface area contributed by atoms with Crippen molar-refractivity contribution in [1.29, 1.82) is 0 Å². The molecule has 0 spiro atoms. The zero-order valence-electron chi connectivity index (χ0n) is 24.0. The molecule has 0 aromatic heterocycles. The second-order valence-corrected chi connectivity index (χ2v) is 14.9. The van der Waals surface area contributed by atoms with E-state index in [0.29, 0.717) is 52.4 Å². The Morgan fingerprint density at radius 1 is 0.947 bits per heavy atom. The number of aliphatic hydroxyl groups is 2. The lowest BCUT2D eigenvalue weighted by atomic mass is 9.41. The van der Waals surface area contributed by atoms with Gasteiger partial charge in [0, 0.05) is 0 Å². The van der Waals surface area contributed by atoms with E-state index >= 15 is 0 Å². The highest BCUT2D eigenvalue weighted by Crippen LogP contribution is 2.70. The number of benzene rings is 1. The van der Waals surface area contributed by atoms with E-state index in [1.165, 1.54) is 44.1 Å². The van der Waals surface area contributed by atoms with Crippen LogP contribution in [0, 0.1) is 58.2 Å². The minimum absolute atomic E-state index is 0.183. The molecule has 5 saturated carbocycles. The number of carbonyl (C=O) groups is 1. The number of aromatic carboxylic acids is 1. The summed E-state index contributed by atoms with van der Waals surface area (Å²) in [5.41, 5.74) is 2.27. The molecule has 4 heteroatoms. The molecule has 0 radical (unpaired) electrons. The zero-order chi connectivity index (χ0) is 27.0. The van der Waals surface area contributed by atoms with Gasteiger partial charge in [-0.15, -0.1) is 0 Å². The van der Waals surface area contributed by atoms with Crippen molar-refractivity contribution in [3.63, 3.8) is 0 Å². The molecule has 5 aliphatic rings. The van der Waals surface area contributed by atoms with Crippen LogP contribution in [0.1, 0.15) is 114 Å². The Morgan fingerprint density at radius 2 is 1.63 bits per heavy atom. The second-order valence-electron chi connectivity index (χ2n) is 14.9. The summed E-state index contributed by atoms with van der Waals surface area (Å²) < 4.78 is 0. The van der Waals surface area contributed by atoms with Gasteiger partial charge in [0.2, 0.25) is 0 Å². The number of aliphatic hydroxyl groups excluding tert-OH is 2. The molecule has 0 saturated heterocycles. The molecule has 0 amide bonds. The van der Waals surface area contributed by atoms with Crippen LogP contribution in [0.3, 0.4) is 0 Å². The Balaban J connectivity index is 1.17. The van der Waals surface area contributed by atoms with Gasteiger partial charge in [-0.1, -0.05) is 46.2 Å². The summed E-state index contributed by atoms with van der Waals surface area (Å²) in [6.45, 7) is 9.88. The summed E-state index contributed by atoms with van der Waals surface area (Å²) in [6, 6.07) is 7.57. The minimum atomic E-state index is -0.852. The average Bonchev–Trinajstić information content (AvgIpc) is 3.56. The van der Waals surface area contributed by atoms with E-state index in [2.05, 4.69) is 27.7 Å². The first kappa shape index (κ1) is 26.8. The standard InChI is InChI=1S/C34H50O4/c1-5-24-29-18-23(35)12-14-34(29,4)28-13-15-33(3)26(10-11-27(33)30(28)31(24)36)19(2)16-22-17-25(22)20-6-8-21(9-7-20)32(37)38/h6-9,19,22-31,35-36H,5,10-18H2,1-4H3,(H,37,38)/t19-,22?,23-,24-,25?,26-,27?,28?,29+,30?,31?,33-,34-/m1/s1. The molecule has 1 aromatic rings. The summed E-state index contributed by atoms with van der Waals surface area (Å²) in [4.78, 5) is 11.2. The number of hydrogen-bond donors (Lipinski definition) is 3. The summed E-state index contributed by atoms with van der Waals surface area (Å²) >= 11 is 0. The normalized spacial score (nSPS) is 48.5. The van der Waals surface area contributed by atoms with E-state index in [-0.39, 0.29) is 17.6 Å². The van der Waals surface area contributed by atoms with E-state index in [1.54, 1.807) is 12.1 Å². The van der Waals surface area contributed by atoms with Crippen molar-refractivity contribution in [2.75, 3.05) is 0 Å². The molecule has 210 valence electrons. The van der Waals surface area contributed by atoms with Crippen molar-refractivity contribution >= 4 is 5.97 Å². The summed E-state index contributed by atoms with van der Waals surface area (Å²) in [6.07, 6.45) is 11.2. The maximum atomic E-state index is 11.9. The highest BCUT2D eigenvalue weighted by Gasteiger charge is 2.65. The summed E-state index contributed by atoms with van der Waals surface area (Å²) in [7, 11) is 0. The second kappa shape index (κ2) is 9.61. The molecule has 3 N–H and O–H groups in total. The van der Waals surface area contributed by atoms with Gasteiger partial charge in [-0.25, -0.2) is 4.79 Å². The van der Waals surface area contributed by atoms with Gasteiger partial charge in [-0.05, 0) is 140 Å². The molecule has 6 unspecified atom stereocenters. The van der Waals surface area contributed by atoms with Crippen molar-refractivity contribution in [2.45, 2.75) is 110 Å². The highest BCUT2D eigenvalue weighted by atomic mass is 16.4. The molecule has 4 nitrogen and oxygen atoms in total. The van der Waals surface area contributed by atoms with Crippen molar-refractivity contribution < 1.29 is 20.1 Å². The maximum absolute atomic E-state index is 11.9. The number of carboxylic acid groups (broad SMARTS) is 1. The third kappa shape index (κ3) is 4.10. The largest absolute Gasteiger partial charge is 0.478 e. The number of fused-ring (bicyclic) bond motifs is 5. The fourth-order valence-electron chi connectivity index (χ4n) is 11.4. The number of hydrogen-bond acceptors (Lipinski definition) is 3. The first-order valence-corrected chi connectivity index (χ1v) is 15.8. The fourth-order valence-corrected chi connectivity index (χ4v) is 11.4. The van der Waals surface area contributed by atoms with E-state index in [1.807, 2.05) is 12.1 Å². The Hall–Kier alpha value is -1.39. The molecule has 5 fully saturated rings. The van der Waals surface area contributed by atoms with Crippen LogP contribution in [0.2, 0.25) is 0 Å². The average molecular weight is 523 g/mol. The zero-order valence-corrected chi connectivity index (χ0v) is 24.0. The molecule has 0 heterocycles. The lowest BCUT2D eigenvalue weighted by molar-refractivity contribution is -0.203. The topological polar surface area (TPSA) is 77.8 Å². The molecule has 5 aliphatic carbocycles. The number of rotatable bonds is 6. The van der Waals surface area contributed by atoms with Crippen LogP contribution in [0.15, 0.2) is 24.3 Å². The smallest absolute Gasteiger partial charge is 0.335 e. The monoisotopic (exact) mass is 522 g/mol. The maximum Gasteiger partial charge on any atom is 0.335 e. The molecule has 0 bridgehead atoms. The Kier molecular flexibility index (Phi) is 6.78. The van der Waals surface area contributed by atoms with Gasteiger partial charge in [0.15, 0.2) is 0 Å². The minimum Gasteiger partial charge on any atom is -0.478 e. The molecule has 13 atom stereocenters. The third-order valence-electron chi connectivity index (χ3n) is 13.3. The fraction of sp³-hybridized carbons (Fsp3) is 0.794. The third-order valence-corrected chi connectivity index (χ3v) is 13.3. The van der Waals surface area contributed by atoms with Crippen molar-refractivity contribution in [1.82, 2.24) is 0 Å². The number of carboxylic acids is 1. The summed E-state index contributed by atoms with van der Waals surface area (Å²) in [5, 5.41) is 31.7. The van der Waals surface area contributed by atoms with Crippen LogP contribution in [-0.2, 0) is 0 Å². The quantitative estimate of drug-likeness (QED) is 0.371. The van der Waals surface area contributed by atoms with Gasteiger partial charge < -0.3 is 15.3 Å². The van der Waals surface area contributed by atoms with Crippen molar-refractivity contribution in [2.24, 2.45) is 58.2 Å². The van der Waals surface area contributed by atoms with Crippen LogP contribution in [0.5, 0.6) is 0 Å². The Morgan fingerprint density at radius 3 is 2.32 bits per heavy atom. The predicted molar refractivity (Wildman–Crippen MR) is 150 cm³/mol. The van der Waals surface area contributed by atoms with Gasteiger partial charge in [0.1, 0.15) is 0 Å².